The number of hydrogen-bond donors (Lipinski definition) is 1. The zero-order valence-corrected chi connectivity index (χ0v) is 10.7. The van der Waals surface area contributed by atoms with E-state index < -0.39 is 0 Å². The van der Waals surface area contributed by atoms with Crippen LogP contribution in [0.15, 0.2) is 35.8 Å². The molecule has 0 aliphatic rings. The number of hydrogen-bond acceptors (Lipinski definition) is 6. The van der Waals surface area contributed by atoms with E-state index in [1.165, 1.54) is 17.1 Å². The van der Waals surface area contributed by atoms with E-state index >= 15 is 0 Å². The topological polar surface area (TPSA) is 105 Å². The summed E-state index contributed by atoms with van der Waals surface area (Å²) in [5.41, 5.74) is 6.92. The molecule has 0 atom stereocenters. The maximum Gasteiger partial charge on any atom is 0.266 e. The summed E-state index contributed by atoms with van der Waals surface area (Å²) < 4.78 is 3.32. The van der Waals surface area contributed by atoms with Crippen LogP contribution >= 0.6 is 0 Å². The Kier molecular flexibility index (Phi) is 3.12. The summed E-state index contributed by atoms with van der Waals surface area (Å²) in [6, 6.07) is 3.12. The number of aryl methyl sites for hydroxylation is 2. The van der Waals surface area contributed by atoms with Crippen molar-refractivity contribution >= 4 is 17.0 Å². The molecule has 3 rings (SSSR count). The summed E-state index contributed by atoms with van der Waals surface area (Å²) in [4.78, 5) is 23.8. The molecule has 8 heteroatoms. The van der Waals surface area contributed by atoms with Crippen molar-refractivity contribution in [2.24, 2.45) is 0 Å². The lowest BCUT2D eigenvalue weighted by Gasteiger charge is -2.05. The molecule has 0 aromatic carbocycles. The molecule has 0 aliphatic heterocycles. The lowest BCUT2D eigenvalue weighted by Crippen LogP contribution is -2.21. The van der Waals surface area contributed by atoms with Crippen LogP contribution in [0.1, 0.15) is 6.42 Å². The SMILES string of the molecule is Nc1ncnc2c1ncn2CCCn1ncccc1=O. The Bertz CT molecular complexity index is 792. The minimum Gasteiger partial charge on any atom is -0.382 e. The van der Waals surface area contributed by atoms with E-state index in [1.54, 1.807) is 18.6 Å². The second kappa shape index (κ2) is 5.08. The van der Waals surface area contributed by atoms with Crippen LogP contribution in [0.3, 0.4) is 0 Å². The largest absolute Gasteiger partial charge is 0.382 e. The first-order valence-corrected chi connectivity index (χ1v) is 6.19. The van der Waals surface area contributed by atoms with Crippen molar-refractivity contribution in [3.63, 3.8) is 0 Å². The standard InChI is InChI=1S/C12H13N7O/c13-11-10-12(15-7-14-11)18(8-16-10)5-2-6-19-9(20)3-1-4-17-19/h1,3-4,7-8H,2,5-6H2,(H2,13,14,15). The number of imidazole rings is 1. The molecule has 0 spiro atoms. The van der Waals surface area contributed by atoms with Crippen molar-refractivity contribution in [3.8, 4) is 0 Å². The van der Waals surface area contributed by atoms with Gasteiger partial charge in [0, 0.05) is 25.4 Å². The van der Waals surface area contributed by atoms with E-state index in [-0.39, 0.29) is 5.56 Å². The molecule has 0 saturated heterocycles. The third-order valence-corrected chi connectivity index (χ3v) is 2.98. The van der Waals surface area contributed by atoms with Gasteiger partial charge in [0.2, 0.25) is 0 Å². The number of aromatic nitrogens is 6. The molecule has 0 bridgehead atoms. The molecule has 8 nitrogen and oxygen atoms in total. The van der Waals surface area contributed by atoms with Crippen molar-refractivity contribution in [1.82, 2.24) is 29.3 Å². The Morgan fingerprint density at radius 1 is 1.20 bits per heavy atom. The van der Waals surface area contributed by atoms with Gasteiger partial charge in [-0.05, 0) is 12.5 Å². The van der Waals surface area contributed by atoms with Crippen LogP contribution in [0.4, 0.5) is 5.82 Å². The van der Waals surface area contributed by atoms with Crippen LogP contribution in [0.5, 0.6) is 0 Å². The molecule has 20 heavy (non-hydrogen) atoms. The van der Waals surface area contributed by atoms with Gasteiger partial charge in [-0.25, -0.2) is 19.6 Å². The summed E-state index contributed by atoms with van der Waals surface area (Å²) >= 11 is 0. The maximum absolute atomic E-state index is 11.5. The number of nitrogens with two attached hydrogens (primary N) is 1. The Balaban J connectivity index is 1.73. The monoisotopic (exact) mass is 271 g/mol. The molecule has 102 valence electrons. The van der Waals surface area contributed by atoms with Gasteiger partial charge in [0.1, 0.15) is 11.8 Å². The first kappa shape index (κ1) is 12.3. The van der Waals surface area contributed by atoms with Gasteiger partial charge in [-0.15, -0.1) is 0 Å². The number of fused-ring (bicyclic) bond motifs is 1. The fourth-order valence-electron chi connectivity index (χ4n) is 2.01. The predicted octanol–water partition coefficient (Wildman–Crippen LogP) is 0.0555. The fraction of sp³-hybridized carbons (Fsp3) is 0.250. The van der Waals surface area contributed by atoms with Crippen molar-refractivity contribution < 1.29 is 0 Å². The van der Waals surface area contributed by atoms with Crippen LogP contribution < -0.4 is 11.3 Å². The minimum absolute atomic E-state index is 0.102. The number of rotatable bonds is 4. The molecule has 0 saturated carbocycles. The second-order valence-electron chi connectivity index (χ2n) is 4.31. The van der Waals surface area contributed by atoms with Crippen molar-refractivity contribution in [1.29, 1.82) is 0 Å². The molecular formula is C12H13N7O. The van der Waals surface area contributed by atoms with E-state index in [0.29, 0.717) is 30.1 Å². The summed E-state index contributed by atoms with van der Waals surface area (Å²) in [6.45, 7) is 1.22. The Morgan fingerprint density at radius 2 is 2.10 bits per heavy atom. The van der Waals surface area contributed by atoms with Gasteiger partial charge < -0.3 is 10.3 Å². The minimum atomic E-state index is -0.102. The summed E-state index contributed by atoms with van der Waals surface area (Å²) in [5.74, 6) is 0.370. The number of nitrogens with zero attached hydrogens (tertiary/aromatic N) is 6. The quantitative estimate of drug-likeness (QED) is 0.719. The van der Waals surface area contributed by atoms with Gasteiger partial charge in [0.05, 0.1) is 6.33 Å². The van der Waals surface area contributed by atoms with Crippen LogP contribution in [-0.4, -0.2) is 29.3 Å². The van der Waals surface area contributed by atoms with Crippen LogP contribution in [0.25, 0.3) is 11.2 Å². The second-order valence-corrected chi connectivity index (χ2v) is 4.31. The normalized spacial score (nSPS) is 11.0. The number of anilines is 1. The van der Waals surface area contributed by atoms with E-state index in [2.05, 4.69) is 20.1 Å². The summed E-state index contributed by atoms with van der Waals surface area (Å²) in [7, 11) is 0. The average molecular weight is 271 g/mol. The third kappa shape index (κ3) is 2.22. The van der Waals surface area contributed by atoms with Crippen molar-refractivity contribution in [2.75, 3.05) is 5.73 Å². The molecule has 3 aromatic rings. The molecule has 0 fully saturated rings. The molecule has 3 heterocycles. The van der Waals surface area contributed by atoms with Gasteiger partial charge in [-0.2, -0.15) is 5.10 Å². The first-order valence-electron chi connectivity index (χ1n) is 6.19. The lowest BCUT2D eigenvalue weighted by molar-refractivity contribution is 0.510. The average Bonchev–Trinajstić information content (AvgIpc) is 2.86. The molecule has 0 aliphatic carbocycles. The summed E-state index contributed by atoms with van der Waals surface area (Å²) in [6.07, 6.45) is 5.43. The summed E-state index contributed by atoms with van der Waals surface area (Å²) in [5, 5.41) is 4.01. The van der Waals surface area contributed by atoms with E-state index in [0.717, 1.165) is 6.42 Å². The lowest BCUT2D eigenvalue weighted by atomic mass is 10.4. The highest BCUT2D eigenvalue weighted by Crippen LogP contribution is 2.14. The smallest absolute Gasteiger partial charge is 0.266 e. The van der Waals surface area contributed by atoms with Crippen LogP contribution in [-0.2, 0) is 13.1 Å². The number of nitrogen functional groups attached to an aromatic ring is 1. The van der Waals surface area contributed by atoms with Crippen LogP contribution in [0, 0.1) is 0 Å². The molecule has 0 radical (unpaired) electrons. The van der Waals surface area contributed by atoms with Gasteiger partial charge >= 0.3 is 0 Å². The van der Waals surface area contributed by atoms with Gasteiger partial charge in [-0.1, -0.05) is 0 Å². The van der Waals surface area contributed by atoms with E-state index in [9.17, 15) is 4.79 Å². The van der Waals surface area contributed by atoms with Gasteiger partial charge in [0.25, 0.3) is 5.56 Å². The Hall–Kier alpha value is -2.77. The molecule has 2 N–H and O–H groups in total. The van der Waals surface area contributed by atoms with Gasteiger partial charge in [0.15, 0.2) is 11.5 Å². The van der Waals surface area contributed by atoms with E-state index in [4.69, 9.17) is 5.73 Å². The Morgan fingerprint density at radius 3 is 2.95 bits per heavy atom. The highest BCUT2D eigenvalue weighted by Gasteiger charge is 2.07. The third-order valence-electron chi connectivity index (χ3n) is 2.98. The zero-order chi connectivity index (χ0) is 13.9. The molecule has 0 amide bonds. The highest BCUT2D eigenvalue weighted by atomic mass is 16.1. The van der Waals surface area contributed by atoms with Crippen molar-refractivity contribution in [3.05, 3.63) is 41.3 Å². The Labute approximate surface area is 113 Å². The highest BCUT2D eigenvalue weighted by molar-refractivity contribution is 5.80. The van der Waals surface area contributed by atoms with Crippen LogP contribution in [0.2, 0.25) is 0 Å². The predicted molar refractivity (Wildman–Crippen MR) is 72.8 cm³/mol. The van der Waals surface area contributed by atoms with E-state index in [1.807, 2.05) is 4.57 Å². The maximum atomic E-state index is 11.5. The van der Waals surface area contributed by atoms with Gasteiger partial charge in [-0.3, -0.25) is 4.79 Å². The molecule has 3 aromatic heterocycles. The molecule has 0 unspecified atom stereocenters. The molecular weight excluding hydrogens is 258 g/mol. The fourth-order valence-corrected chi connectivity index (χ4v) is 2.01. The van der Waals surface area contributed by atoms with Crippen molar-refractivity contribution in [2.45, 2.75) is 19.5 Å². The first-order chi connectivity index (χ1) is 9.75. The zero-order valence-electron chi connectivity index (χ0n) is 10.7.